The number of hydrogen-bond acceptors (Lipinski definition) is 4. The second-order valence-electron chi connectivity index (χ2n) is 4.45. The molecule has 2 rings (SSSR count). The van der Waals surface area contributed by atoms with Crippen LogP contribution in [-0.4, -0.2) is 18.4 Å². The normalized spacial score (nSPS) is 10.5. The van der Waals surface area contributed by atoms with Crippen LogP contribution in [0.15, 0.2) is 28.7 Å². The van der Waals surface area contributed by atoms with Gasteiger partial charge in [0.25, 0.3) is 0 Å². The van der Waals surface area contributed by atoms with Crippen molar-refractivity contribution in [1.29, 1.82) is 0 Å². The molecule has 0 amide bonds. The largest absolute Gasteiger partial charge is 0.454 e. The monoisotopic (exact) mass is 370 g/mol. The van der Waals surface area contributed by atoms with E-state index in [9.17, 15) is 14.0 Å². The van der Waals surface area contributed by atoms with Crippen molar-refractivity contribution in [1.82, 2.24) is 0 Å². The molecule has 0 unspecified atom stereocenters. The summed E-state index contributed by atoms with van der Waals surface area (Å²) in [5.41, 5.74) is 0.353. The van der Waals surface area contributed by atoms with Crippen LogP contribution in [0, 0.1) is 19.7 Å². The van der Waals surface area contributed by atoms with Gasteiger partial charge in [0.2, 0.25) is 5.78 Å². The zero-order chi connectivity index (χ0) is 15.6. The Morgan fingerprint density at radius 3 is 2.52 bits per heavy atom. The fourth-order valence-corrected chi connectivity index (χ4v) is 3.12. The van der Waals surface area contributed by atoms with Gasteiger partial charge in [-0.2, -0.15) is 0 Å². The maximum Gasteiger partial charge on any atom is 0.341 e. The van der Waals surface area contributed by atoms with E-state index in [4.69, 9.17) is 4.74 Å². The van der Waals surface area contributed by atoms with E-state index in [2.05, 4.69) is 15.9 Å². The van der Waals surface area contributed by atoms with E-state index in [1.165, 1.54) is 29.5 Å². The molecule has 110 valence electrons. The highest BCUT2D eigenvalue weighted by Crippen LogP contribution is 2.21. The van der Waals surface area contributed by atoms with Crippen LogP contribution in [-0.2, 0) is 4.74 Å². The number of aryl methyl sites for hydroxylation is 2. The van der Waals surface area contributed by atoms with Crippen molar-refractivity contribution in [3.63, 3.8) is 0 Å². The molecule has 0 atom stereocenters. The Hall–Kier alpha value is -1.53. The average molecular weight is 371 g/mol. The molecule has 1 aromatic heterocycles. The molecule has 21 heavy (non-hydrogen) atoms. The summed E-state index contributed by atoms with van der Waals surface area (Å²) in [4.78, 5) is 25.7. The fraction of sp³-hybridized carbons (Fsp3) is 0.200. The van der Waals surface area contributed by atoms with E-state index in [-0.39, 0.29) is 11.3 Å². The van der Waals surface area contributed by atoms with Crippen molar-refractivity contribution in [2.75, 3.05) is 6.61 Å². The molecular formula is C15H12BrFO3S. The minimum atomic E-state index is -0.849. The molecule has 0 bridgehead atoms. The quantitative estimate of drug-likeness (QED) is 0.594. The molecule has 2 aromatic rings. The number of rotatable bonds is 4. The molecule has 0 spiro atoms. The van der Waals surface area contributed by atoms with Gasteiger partial charge in [-0.1, -0.05) is 15.9 Å². The SMILES string of the molecule is Cc1cc(C(=O)COC(=O)c2ccc(Br)cc2F)c(C)s1. The Morgan fingerprint density at radius 1 is 1.24 bits per heavy atom. The molecule has 1 heterocycles. The van der Waals surface area contributed by atoms with Gasteiger partial charge in [0.15, 0.2) is 6.61 Å². The first-order valence-corrected chi connectivity index (χ1v) is 7.72. The van der Waals surface area contributed by atoms with Crippen molar-refractivity contribution < 1.29 is 18.7 Å². The van der Waals surface area contributed by atoms with Crippen LogP contribution in [0.5, 0.6) is 0 Å². The predicted molar refractivity (Wildman–Crippen MR) is 82.5 cm³/mol. The number of halogens is 2. The second kappa shape index (κ2) is 6.49. The lowest BCUT2D eigenvalue weighted by Crippen LogP contribution is -2.15. The summed E-state index contributed by atoms with van der Waals surface area (Å²) in [6.45, 7) is 3.34. The highest BCUT2D eigenvalue weighted by Gasteiger charge is 2.17. The number of Topliss-reactive ketones (excluding diaryl/α,β-unsaturated/α-hetero) is 1. The lowest BCUT2D eigenvalue weighted by molar-refractivity contribution is 0.0470. The summed E-state index contributed by atoms with van der Waals surface area (Å²) in [5, 5.41) is 0. The van der Waals surface area contributed by atoms with Crippen LogP contribution in [0.3, 0.4) is 0 Å². The number of carbonyl (C=O) groups excluding carboxylic acids is 2. The molecule has 0 saturated heterocycles. The first-order valence-electron chi connectivity index (χ1n) is 6.11. The van der Waals surface area contributed by atoms with Gasteiger partial charge in [-0.25, -0.2) is 9.18 Å². The van der Waals surface area contributed by atoms with E-state index < -0.39 is 18.4 Å². The smallest absolute Gasteiger partial charge is 0.341 e. The molecular weight excluding hydrogens is 359 g/mol. The third kappa shape index (κ3) is 3.77. The zero-order valence-corrected chi connectivity index (χ0v) is 13.8. The standard InChI is InChI=1S/C15H12BrFO3S/c1-8-5-12(9(2)21-8)14(18)7-20-15(19)11-4-3-10(16)6-13(11)17/h3-6H,7H2,1-2H3. The molecule has 0 aliphatic rings. The van der Waals surface area contributed by atoms with Crippen LogP contribution in [0.2, 0.25) is 0 Å². The lowest BCUT2D eigenvalue weighted by atomic mass is 10.1. The van der Waals surface area contributed by atoms with Gasteiger partial charge in [0.05, 0.1) is 5.56 Å². The van der Waals surface area contributed by atoms with E-state index in [1.807, 2.05) is 13.8 Å². The number of esters is 1. The van der Waals surface area contributed by atoms with E-state index in [0.29, 0.717) is 10.0 Å². The van der Waals surface area contributed by atoms with Crippen LogP contribution in [0.4, 0.5) is 4.39 Å². The summed E-state index contributed by atoms with van der Waals surface area (Å²) in [7, 11) is 0. The van der Waals surface area contributed by atoms with Crippen molar-refractivity contribution in [3.8, 4) is 0 Å². The maximum atomic E-state index is 13.6. The van der Waals surface area contributed by atoms with Crippen LogP contribution in [0.25, 0.3) is 0 Å². The van der Waals surface area contributed by atoms with Gasteiger partial charge in [0, 0.05) is 19.8 Å². The van der Waals surface area contributed by atoms with Gasteiger partial charge in [-0.3, -0.25) is 4.79 Å². The summed E-state index contributed by atoms with van der Waals surface area (Å²) in [6, 6.07) is 5.78. The molecule has 0 N–H and O–H groups in total. The third-order valence-corrected chi connectivity index (χ3v) is 4.29. The summed E-state index contributed by atoms with van der Waals surface area (Å²) in [6.07, 6.45) is 0. The number of benzene rings is 1. The van der Waals surface area contributed by atoms with Crippen LogP contribution >= 0.6 is 27.3 Å². The lowest BCUT2D eigenvalue weighted by Gasteiger charge is -2.05. The van der Waals surface area contributed by atoms with Gasteiger partial charge in [-0.15, -0.1) is 11.3 Å². The van der Waals surface area contributed by atoms with Crippen molar-refractivity contribution in [2.45, 2.75) is 13.8 Å². The number of ketones is 1. The summed E-state index contributed by atoms with van der Waals surface area (Å²) in [5.74, 6) is -1.83. The van der Waals surface area contributed by atoms with Gasteiger partial charge >= 0.3 is 5.97 Å². The van der Waals surface area contributed by atoms with Gasteiger partial charge < -0.3 is 4.74 Å². The predicted octanol–water partition coefficient (Wildman–Crippen LogP) is 4.31. The molecule has 0 radical (unpaired) electrons. The molecule has 0 saturated carbocycles. The summed E-state index contributed by atoms with van der Waals surface area (Å²) < 4.78 is 19.0. The third-order valence-electron chi connectivity index (χ3n) is 2.83. The molecule has 0 aliphatic carbocycles. The molecule has 3 nitrogen and oxygen atoms in total. The Bertz CT molecular complexity index is 709. The number of carbonyl (C=O) groups is 2. The maximum absolute atomic E-state index is 13.6. The van der Waals surface area contributed by atoms with Crippen molar-refractivity contribution in [3.05, 3.63) is 55.4 Å². The van der Waals surface area contributed by atoms with Crippen molar-refractivity contribution >= 4 is 39.0 Å². The minimum absolute atomic E-state index is 0.191. The summed E-state index contributed by atoms with van der Waals surface area (Å²) >= 11 is 4.61. The van der Waals surface area contributed by atoms with Gasteiger partial charge in [-0.05, 0) is 38.1 Å². The van der Waals surface area contributed by atoms with E-state index in [0.717, 1.165) is 9.75 Å². The van der Waals surface area contributed by atoms with Gasteiger partial charge in [0.1, 0.15) is 5.82 Å². The molecule has 0 fully saturated rings. The first kappa shape index (κ1) is 15.9. The molecule has 6 heteroatoms. The highest BCUT2D eigenvalue weighted by atomic mass is 79.9. The number of hydrogen-bond donors (Lipinski definition) is 0. The van der Waals surface area contributed by atoms with Crippen LogP contribution < -0.4 is 0 Å². The zero-order valence-electron chi connectivity index (χ0n) is 11.4. The Balaban J connectivity index is 2.04. The Labute approximate surface area is 133 Å². The Morgan fingerprint density at radius 2 is 1.95 bits per heavy atom. The topological polar surface area (TPSA) is 43.4 Å². The first-order chi connectivity index (χ1) is 9.88. The molecule has 0 aliphatic heterocycles. The molecule has 1 aromatic carbocycles. The minimum Gasteiger partial charge on any atom is -0.454 e. The second-order valence-corrected chi connectivity index (χ2v) is 6.83. The number of thiophene rings is 1. The number of ether oxygens (including phenoxy) is 1. The Kier molecular flexibility index (Phi) is 4.90. The van der Waals surface area contributed by atoms with E-state index >= 15 is 0 Å². The fourth-order valence-electron chi connectivity index (χ4n) is 1.85. The van der Waals surface area contributed by atoms with E-state index in [1.54, 1.807) is 6.07 Å². The average Bonchev–Trinajstić information content (AvgIpc) is 2.74. The highest BCUT2D eigenvalue weighted by molar-refractivity contribution is 9.10. The van der Waals surface area contributed by atoms with Crippen molar-refractivity contribution in [2.24, 2.45) is 0 Å². The van der Waals surface area contributed by atoms with Crippen LogP contribution in [0.1, 0.15) is 30.5 Å².